The van der Waals surface area contributed by atoms with E-state index in [2.05, 4.69) is 19.9 Å². The lowest BCUT2D eigenvalue weighted by molar-refractivity contribution is 0.0539. The second kappa shape index (κ2) is 6.79. The second-order valence-electron chi connectivity index (χ2n) is 6.10. The van der Waals surface area contributed by atoms with Gasteiger partial charge < -0.3 is 4.74 Å². The summed E-state index contributed by atoms with van der Waals surface area (Å²) in [5.74, 6) is 0.264. The summed E-state index contributed by atoms with van der Waals surface area (Å²) in [6.45, 7) is 13.8. The molecule has 0 bridgehead atoms. The van der Waals surface area contributed by atoms with Crippen molar-refractivity contribution >= 4 is 17.0 Å². The summed E-state index contributed by atoms with van der Waals surface area (Å²) in [5.41, 5.74) is 1.40. The maximum Gasteiger partial charge on any atom is 0.419 e. The van der Waals surface area contributed by atoms with E-state index in [0.717, 1.165) is 16.6 Å². The van der Waals surface area contributed by atoms with Gasteiger partial charge in [0, 0.05) is 11.1 Å². The molecule has 0 unspecified atom stereocenters. The molecule has 3 heteroatoms. The van der Waals surface area contributed by atoms with Crippen LogP contribution in [0.4, 0.5) is 4.79 Å². The molecule has 0 spiro atoms. The van der Waals surface area contributed by atoms with Crippen LogP contribution in [0.3, 0.4) is 0 Å². The van der Waals surface area contributed by atoms with Crippen molar-refractivity contribution in [2.75, 3.05) is 0 Å². The highest BCUT2D eigenvalue weighted by atomic mass is 16.6. The van der Waals surface area contributed by atoms with Crippen LogP contribution in [-0.2, 0) is 4.74 Å². The van der Waals surface area contributed by atoms with Gasteiger partial charge in [-0.2, -0.15) is 0 Å². The molecule has 0 fully saturated rings. The lowest BCUT2D eigenvalue weighted by Gasteiger charge is -2.21. The van der Waals surface area contributed by atoms with Crippen molar-refractivity contribution in [2.45, 2.75) is 60.0 Å². The predicted molar refractivity (Wildman–Crippen MR) is 89.0 cm³/mol. The number of nitrogens with zero attached hydrogens (tertiary/aromatic N) is 1. The molecule has 0 aliphatic carbocycles. The molecular formula is C18H27NO2. The molecule has 1 aromatic heterocycles. The van der Waals surface area contributed by atoms with Gasteiger partial charge in [0.1, 0.15) is 5.60 Å². The molecule has 116 valence electrons. The first-order chi connectivity index (χ1) is 9.79. The summed E-state index contributed by atoms with van der Waals surface area (Å²) in [4.78, 5) is 12.4. The van der Waals surface area contributed by atoms with Crippen molar-refractivity contribution in [1.29, 1.82) is 0 Å². The van der Waals surface area contributed by atoms with Gasteiger partial charge in [0.05, 0.1) is 5.52 Å². The van der Waals surface area contributed by atoms with E-state index in [1.807, 2.05) is 58.9 Å². The third-order valence-corrected chi connectivity index (χ3v) is 2.91. The Labute approximate surface area is 127 Å². The van der Waals surface area contributed by atoms with Crippen molar-refractivity contribution in [2.24, 2.45) is 0 Å². The van der Waals surface area contributed by atoms with Gasteiger partial charge >= 0.3 is 6.09 Å². The molecule has 0 saturated carbocycles. The number of hydrogen-bond donors (Lipinski definition) is 0. The number of hydrogen-bond acceptors (Lipinski definition) is 2. The number of carbonyl (C=O) groups is 1. The van der Waals surface area contributed by atoms with Crippen LogP contribution in [-0.4, -0.2) is 16.3 Å². The standard InChI is InChI=1S/C16H21NO2.C2H6/c1-11(2)14-10-12-8-6-7-9-13(12)17(14)15(18)19-16(3,4)5;1-2/h6-11H,1-5H3;1-2H3. The zero-order valence-electron chi connectivity index (χ0n) is 14.2. The Morgan fingerprint density at radius 2 is 1.71 bits per heavy atom. The van der Waals surface area contributed by atoms with E-state index >= 15 is 0 Å². The number of aromatic nitrogens is 1. The number of rotatable bonds is 1. The summed E-state index contributed by atoms with van der Waals surface area (Å²) in [7, 11) is 0. The monoisotopic (exact) mass is 289 g/mol. The summed E-state index contributed by atoms with van der Waals surface area (Å²) in [5, 5.41) is 1.07. The van der Waals surface area contributed by atoms with Gasteiger partial charge in [0.2, 0.25) is 0 Å². The van der Waals surface area contributed by atoms with Crippen molar-refractivity contribution in [3.8, 4) is 0 Å². The van der Waals surface area contributed by atoms with Crippen LogP contribution < -0.4 is 0 Å². The summed E-state index contributed by atoms with van der Waals surface area (Å²) >= 11 is 0. The molecule has 0 radical (unpaired) electrons. The normalized spacial score (nSPS) is 11.2. The van der Waals surface area contributed by atoms with Crippen LogP contribution in [0.25, 0.3) is 10.9 Å². The molecule has 2 rings (SSSR count). The second-order valence-corrected chi connectivity index (χ2v) is 6.10. The van der Waals surface area contributed by atoms with Gasteiger partial charge in [-0.15, -0.1) is 0 Å². The maximum absolute atomic E-state index is 12.4. The highest BCUT2D eigenvalue weighted by Crippen LogP contribution is 2.26. The minimum Gasteiger partial charge on any atom is -0.443 e. The fourth-order valence-corrected chi connectivity index (χ4v) is 2.11. The molecule has 2 aromatic rings. The quantitative estimate of drug-likeness (QED) is 0.686. The zero-order valence-corrected chi connectivity index (χ0v) is 14.2. The van der Waals surface area contributed by atoms with Crippen LogP contribution in [0.1, 0.15) is 60.1 Å². The third kappa shape index (κ3) is 4.10. The minimum absolute atomic E-state index is 0.264. The SMILES string of the molecule is CC.CC(C)c1cc2ccccc2n1C(=O)OC(C)(C)C. The molecule has 0 amide bonds. The van der Waals surface area contributed by atoms with Crippen LogP contribution >= 0.6 is 0 Å². The molecule has 1 heterocycles. The first kappa shape index (κ1) is 17.3. The average molecular weight is 289 g/mol. The molecular weight excluding hydrogens is 262 g/mol. The number of benzene rings is 1. The molecule has 0 aliphatic heterocycles. The van der Waals surface area contributed by atoms with E-state index in [4.69, 9.17) is 4.74 Å². The Balaban J connectivity index is 0.00000106. The number of ether oxygens (including phenoxy) is 1. The lowest BCUT2D eigenvalue weighted by Crippen LogP contribution is -2.28. The molecule has 0 aliphatic rings. The average Bonchev–Trinajstić information content (AvgIpc) is 2.78. The summed E-state index contributed by atoms with van der Waals surface area (Å²) in [6, 6.07) is 9.94. The first-order valence-corrected chi connectivity index (χ1v) is 7.63. The molecule has 21 heavy (non-hydrogen) atoms. The topological polar surface area (TPSA) is 31.2 Å². The fraction of sp³-hybridized carbons (Fsp3) is 0.500. The largest absolute Gasteiger partial charge is 0.443 e. The first-order valence-electron chi connectivity index (χ1n) is 7.63. The number of carbonyl (C=O) groups excluding carboxylic acids is 1. The van der Waals surface area contributed by atoms with Crippen molar-refractivity contribution in [3.63, 3.8) is 0 Å². The van der Waals surface area contributed by atoms with Crippen LogP contribution in [0.5, 0.6) is 0 Å². The van der Waals surface area contributed by atoms with Gasteiger partial charge in [-0.3, -0.25) is 0 Å². The van der Waals surface area contributed by atoms with E-state index in [0.29, 0.717) is 0 Å². The van der Waals surface area contributed by atoms with Gasteiger partial charge in [0.15, 0.2) is 0 Å². The Bertz CT molecular complexity index is 603. The third-order valence-electron chi connectivity index (χ3n) is 2.91. The Hall–Kier alpha value is -1.77. The van der Waals surface area contributed by atoms with Gasteiger partial charge in [-0.1, -0.05) is 45.9 Å². The van der Waals surface area contributed by atoms with E-state index in [9.17, 15) is 4.79 Å². The molecule has 3 nitrogen and oxygen atoms in total. The van der Waals surface area contributed by atoms with Gasteiger partial charge in [-0.25, -0.2) is 9.36 Å². The number of fused-ring (bicyclic) bond motifs is 1. The zero-order chi connectivity index (χ0) is 16.2. The maximum atomic E-state index is 12.4. The van der Waals surface area contributed by atoms with E-state index in [1.54, 1.807) is 4.57 Å². The van der Waals surface area contributed by atoms with Crippen molar-refractivity contribution in [1.82, 2.24) is 4.57 Å². The predicted octanol–water partition coefficient (Wildman–Crippen LogP) is 5.57. The van der Waals surface area contributed by atoms with Crippen LogP contribution in [0.2, 0.25) is 0 Å². The van der Waals surface area contributed by atoms with Gasteiger partial charge in [0.25, 0.3) is 0 Å². The summed E-state index contributed by atoms with van der Waals surface area (Å²) in [6.07, 6.45) is -0.308. The lowest BCUT2D eigenvalue weighted by atomic mass is 10.1. The smallest absolute Gasteiger partial charge is 0.419 e. The molecule has 0 N–H and O–H groups in total. The highest BCUT2D eigenvalue weighted by Gasteiger charge is 2.22. The minimum atomic E-state index is -0.489. The molecule has 0 atom stereocenters. The number of para-hydroxylation sites is 1. The highest BCUT2D eigenvalue weighted by molar-refractivity contribution is 5.91. The van der Waals surface area contributed by atoms with Gasteiger partial charge in [-0.05, 0) is 38.8 Å². The Morgan fingerprint density at radius 1 is 1.14 bits per heavy atom. The van der Waals surface area contributed by atoms with Crippen LogP contribution in [0, 0.1) is 0 Å². The van der Waals surface area contributed by atoms with Crippen molar-refractivity contribution in [3.05, 3.63) is 36.0 Å². The van der Waals surface area contributed by atoms with E-state index in [-0.39, 0.29) is 12.0 Å². The van der Waals surface area contributed by atoms with E-state index < -0.39 is 5.60 Å². The Morgan fingerprint density at radius 3 is 2.24 bits per heavy atom. The van der Waals surface area contributed by atoms with Crippen LogP contribution in [0.15, 0.2) is 30.3 Å². The fourth-order valence-electron chi connectivity index (χ4n) is 2.11. The van der Waals surface area contributed by atoms with Crippen molar-refractivity contribution < 1.29 is 9.53 Å². The molecule has 1 aromatic carbocycles. The van der Waals surface area contributed by atoms with E-state index in [1.165, 1.54) is 0 Å². The summed E-state index contributed by atoms with van der Waals surface area (Å²) < 4.78 is 7.19. The molecule has 0 saturated heterocycles. The Kier molecular flexibility index (Phi) is 5.59.